The van der Waals surface area contributed by atoms with E-state index in [4.69, 9.17) is 0 Å². The van der Waals surface area contributed by atoms with Crippen LogP contribution >= 0.6 is 0 Å². The number of carbonyl (C=O) groups is 2. The first-order chi connectivity index (χ1) is 13.0. The number of halogens is 6. The Hall–Kier alpha value is -3.11. The summed E-state index contributed by atoms with van der Waals surface area (Å²) in [4.78, 5) is 28.6. The normalized spacial score (nSPS) is 14.4. The first-order valence-electron chi connectivity index (χ1n) is 7.68. The SMILES string of the molecule is O=C1c2ccccc2C(=O)N1Cc1cnc(OCC(F)(F)F)c(C(F)(F)F)c1. The Morgan fingerprint density at radius 2 is 1.54 bits per heavy atom. The van der Waals surface area contributed by atoms with Gasteiger partial charge < -0.3 is 4.74 Å². The summed E-state index contributed by atoms with van der Waals surface area (Å²) in [7, 11) is 0. The molecule has 0 saturated heterocycles. The molecule has 0 bridgehead atoms. The monoisotopic (exact) mass is 404 g/mol. The summed E-state index contributed by atoms with van der Waals surface area (Å²) in [5.74, 6) is -2.62. The number of amides is 2. The van der Waals surface area contributed by atoms with E-state index in [0.717, 1.165) is 11.1 Å². The lowest BCUT2D eigenvalue weighted by atomic mass is 10.1. The summed E-state index contributed by atoms with van der Waals surface area (Å²) in [6.07, 6.45) is -9.07. The van der Waals surface area contributed by atoms with Gasteiger partial charge in [0.2, 0.25) is 5.88 Å². The molecule has 0 fully saturated rings. The Labute approximate surface area is 153 Å². The van der Waals surface area contributed by atoms with Crippen LogP contribution in [0.25, 0.3) is 0 Å². The fourth-order valence-corrected chi connectivity index (χ4v) is 2.62. The number of ether oxygens (including phenoxy) is 1. The van der Waals surface area contributed by atoms with Gasteiger partial charge in [-0.25, -0.2) is 4.98 Å². The molecule has 1 aliphatic heterocycles. The quantitative estimate of drug-likeness (QED) is 0.574. The van der Waals surface area contributed by atoms with Crippen LogP contribution in [0.2, 0.25) is 0 Å². The van der Waals surface area contributed by atoms with Gasteiger partial charge in [-0.1, -0.05) is 12.1 Å². The lowest BCUT2D eigenvalue weighted by Gasteiger charge is -2.17. The van der Waals surface area contributed by atoms with Gasteiger partial charge in [-0.2, -0.15) is 26.3 Å². The molecule has 0 radical (unpaired) electrons. The van der Waals surface area contributed by atoms with Crippen molar-refractivity contribution in [2.24, 2.45) is 0 Å². The predicted molar refractivity (Wildman–Crippen MR) is 81.4 cm³/mol. The molecular weight excluding hydrogens is 394 g/mol. The molecular formula is C17H10F6N2O3. The molecule has 0 N–H and O–H groups in total. The number of imide groups is 1. The van der Waals surface area contributed by atoms with Gasteiger partial charge in [0, 0.05) is 6.20 Å². The van der Waals surface area contributed by atoms with Gasteiger partial charge in [0.15, 0.2) is 6.61 Å². The molecule has 0 unspecified atom stereocenters. The fraction of sp³-hybridized carbons (Fsp3) is 0.235. The van der Waals surface area contributed by atoms with Gasteiger partial charge in [0.25, 0.3) is 11.8 Å². The van der Waals surface area contributed by atoms with Crippen molar-refractivity contribution in [3.8, 4) is 5.88 Å². The van der Waals surface area contributed by atoms with E-state index in [1.54, 1.807) is 0 Å². The molecule has 28 heavy (non-hydrogen) atoms. The van der Waals surface area contributed by atoms with Crippen molar-refractivity contribution < 1.29 is 40.7 Å². The number of fused-ring (bicyclic) bond motifs is 1. The first kappa shape index (κ1) is 19.6. The van der Waals surface area contributed by atoms with Crippen molar-refractivity contribution in [3.63, 3.8) is 0 Å². The highest BCUT2D eigenvalue weighted by Crippen LogP contribution is 2.36. The molecule has 1 aliphatic rings. The van der Waals surface area contributed by atoms with Crippen molar-refractivity contribution in [2.75, 3.05) is 6.61 Å². The third-order valence-corrected chi connectivity index (χ3v) is 3.80. The number of rotatable bonds is 4. The minimum Gasteiger partial charge on any atom is -0.468 e. The molecule has 11 heteroatoms. The van der Waals surface area contributed by atoms with Crippen molar-refractivity contribution in [2.45, 2.75) is 18.9 Å². The molecule has 0 atom stereocenters. The van der Waals surface area contributed by atoms with E-state index in [1.165, 1.54) is 24.3 Å². The van der Waals surface area contributed by atoms with Crippen molar-refractivity contribution in [3.05, 3.63) is 58.8 Å². The number of hydrogen-bond donors (Lipinski definition) is 0. The Bertz CT molecular complexity index is 904. The zero-order valence-electron chi connectivity index (χ0n) is 13.8. The van der Waals surface area contributed by atoms with Crippen molar-refractivity contribution in [1.29, 1.82) is 0 Å². The molecule has 148 valence electrons. The summed E-state index contributed by atoms with van der Waals surface area (Å²) >= 11 is 0. The smallest absolute Gasteiger partial charge is 0.422 e. The zero-order chi connectivity index (χ0) is 20.7. The van der Waals surface area contributed by atoms with E-state index in [1.807, 2.05) is 0 Å². The van der Waals surface area contributed by atoms with Crippen LogP contribution < -0.4 is 4.74 Å². The van der Waals surface area contributed by atoms with Crippen LogP contribution in [0.15, 0.2) is 36.5 Å². The number of pyridine rings is 1. The fourth-order valence-electron chi connectivity index (χ4n) is 2.62. The minimum absolute atomic E-state index is 0.113. The van der Waals surface area contributed by atoms with E-state index in [9.17, 15) is 35.9 Å². The third kappa shape index (κ3) is 3.92. The Morgan fingerprint density at radius 1 is 0.964 bits per heavy atom. The van der Waals surface area contributed by atoms with E-state index in [2.05, 4.69) is 9.72 Å². The number of aromatic nitrogens is 1. The molecule has 5 nitrogen and oxygen atoms in total. The topological polar surface area (TPSA) is 59.5 Å². The standard InChI is InChI=1S/C17H10F6N2O3/c18-16(19,20)8-28-13-12(17(21,22)23)5-9(6-24-13)7-25-14(26)10-3-1-2-4-11(10)15(25)27/h1-6H,7-8H2. The maximum absolute atomic E-state index is 13.2. The summed E-state index contributed by atoms with van der Waals surface area (Å²) in [6.45, 7) is -2.47. The molecule has 1 aromatic carbocycles. The van der Waals surface area contributed by atoms with E-state index >= 15 is 0 Å². The predicted octanol–water partition coefficient (Wildman–Crippen LogP) is 3.84. The lowest BCUT2D eigenvalue weighted by molar-refractivity contribution is -0.159. The van der Waals surface area contributed by atoms with Gasteiger partial charge in [-0.05, 0) is 23.8 Å². The molecule has 0 saturated carbocycles. The Kier molecular flexibility index (Phi) is 4.77. The number of alkyl halides is 6. The van der Waals surface area contributed by atoms with Gasteiger partial charge in [-0.3, -0.25) is 14.5 Å². The molecule has 0 spiro atoms. The maximum Gasteiger partial charge on any atom is 0.422 e. The molecule has 1 aromatic heterocycles. The highest BCUT2D eigenvalue weighted by molar-refractivity contribution is 6.21. The van der Waals surface area contributed by atoms with Crippen LogP contribution in [0, 0.1) is 0 Å². The molecule has 0 aliphatic carbocycles. The number of benzene rings is 1. The van der Waals surface area contributed by atoms with Crippen LogP contribution in [-0.2, 0) is 12.7 Å². The van der Waals surface area contributed by atoms with Crippen molar-refractivity contribution in [1.82, 2.24) is 9.88 Å². The minimum atomic E-state index is -5.05. The van der Waals surface area contributed by atoms with E-state index < -0.39 is 48.8 Å². The van der Waals surface area contributed by atoms with Crippen LogP contribution in [-0.4, -0.2) is 34.5 Å². The number of carbonyl (C=O) groups excluding carboxylic acids is 2. The zero-order valence-corrected chi connectivity index (χ0v) is 13.8. The van der Waals surface area contributed by atoms with Gasteiger partial charge in [0.1, 0.15) is 5.56 Å². The number of hydrogen-bond acceptors (Lipinski definition) is 4. The maximum atomic E-state index is 13.2. The second-order valence-corrected chi connectivity index (χ2v) is 5.84. The summed E-state index contributed by atoms with van der Waals surface area (Å²) < 4.78 is 80.3. The summed E-state index contributed by atoms with van der Waals surface area (Å²) in [5.41, 5.74) is -1.50. The van der Waals surface area contributed by atoms with Crippen LogP contribution in [0.3, 0.4) is 0 Å². The average molecular weight is 404 g/mol. The van der Waals surface area contributed by atoms with Crippen LogP contribution in [0.5, 0.6) is 5.88 Å². The molecule has 2 heterocycles. The van der Waals surface area contributed by atoms with E-state index in [0.29, 0.717) is 6.07 Å². The second-order valence-electron chi connectivity index (χ2n) is 5.84. The summed E-state index contributed by atoms with van der Waals surface area (Å²) in [5, 5.41) is 0. The van der Waals surface area contributed by atoms with E-state index in [-0.39, 0.29) is 16.7 Å². The summed E-state index contributed by atoms with van der Waals surface area (Å²) in [6, 6.07) is 6.38. The average Bonchev–Trinajstić information content (AvgIpc) is 2.84. The van der Waals surface area contributed by atoms with Crippen LogP contribution in [0.1, 0.15) is 31.8 Å². The van der Waals surface area contributed by atoms with Crippen LogP contribution in [0.4, 0.5) is 26.3 Å². The van der Waals surface area contributed by atoms with Gasteiger partial charge in [0.05, 0.1) is 17.7 Å². The van der Waals surface area contributed by atoms with Gasteiger partial charge in [-0.15, -0.1) is 0 Å². The highest BCUT2D eigenvalue weighted by Gasteiger charge is 2.39. The third-order valence-electron chi connectivity index (χ3n) is 3.80. The highest BCUT2D eigenvalue weighted by atomic mass is 19.4. The Morgan fingerprint density at radius 3 is 2.04 bits per heavy atom. The van der Waals surface area contributed by atoms with Gasteiger partial charge >= 0.3 is 12.4 Å². The molecule has 3 rings (SSSR count). The largest absolute Gasteiger partial charge is 0.468 e. The second kappa shape index (κ2) is 6.80. The van der Waals surface area contributed by atoms with Crippen molar-refractivity contribution >= 4 is 11.8 Å². The number of nitrogens with zero attached hydrogens (tertiary/aromatic N) is 2. The molecule has 2 amide bonds. The Balaban J connectivity index is 1.88. The lowest BCUT2D eigenvalue weighted by Crippen LogP contribution is -2.29. The molecule has 2 aromatic rings. The first-order valence-corrected chi connectivity index (χ1v) is 7.68.